The number of nitrogens with two attached hydrogens (primary N) is 1. The van der Waals surface area contributed by atoms with Gasteiger partial charge in [-0.15, -0.1) is 0 Å². The highest BCUT2D eigenvalue weighted by Gasteiger charge is 2.55. The van der Waals surface area contributed by atoms with Crippen LogP contribution in [0.3, 0.4) is 0 Å². The highest BCUT2D eigenvalue weighted by molar-refractivity contribution is 6.77. The number of para-hydroxylation sites is 1. The van der Waals surface area contributed by atoms with E-state index in [0.717, 1.165) is 0 Å². The first-order valence-electron chi connectivity index (χ1n) is 19.5. The van der Waals surface area contributed by atoms with Crippen molar-refractivity contribution < 1.29 is 48.1 Å². The van der Waals surface area contributed by atoms with Crippen LogP contribution in [0.15, 0.2) is 66.7 Å². The number of primary amides is 1. The van der Waals surface area contributed by atoms with Gasteiger partial charge in [-0.2, -0.15) is 0 Å². The molecule has 5 rings (SSSR count). The van der Waals surface area contributed by atoms with Gasteiger partial charge in [0.25, 0.3) is 5.91 Å². The van der Waals surface area contributed by atoms with Crippen molar-refractivity contribution in [1.29, 1.82) is 0 Å². The first-order chi connectivity index (χ1) is 27.4. The van der Waals surface area contributed by atoms with Crippen LogP contribution in [0.1, 0.15) is 64.7 Å². The Labute approximate surface area is 339 Å². The molecule has 0 radical (unpaired) electrons. The Kier molecular flexibility index (Phi) is 13.7. The van der Waals surface area contributed by atoms with Crippen molar-refractivity contribution in [3.05, 3.63) is 83.4 Å². The van der Waals surface area contributed by atoms with Crippen LogP contribution in [-0.4, -0.2) is 86.2 Å². The molecule has 15 nitrogen and oxygen atoms in total. The van der Waals surface area contributed by atoms with Crippen molar-refractivity contribution in [2.45, 2.75) is 107 Å². The van der Waals surface area contributed by atoms with E-state index in [9.17, 15) is 34.2 Å². The lowest BCUT2D eigenvalue weighted by atomic mass is 9.84. The Morgan fingerprint density at radius 1 is 0.914 bits per heavy atom. The molecule has 0 saturated heterocycles. The van der Waals surface area contributed by atoms with Gasteiger partial charge in [0.05, 0.1) is 31.9 Å². The van der Waals surface area contributed by atoms with Crippen molar-refractivity contribution in [2.24, 2.45) is 5.73 Å². The number of carbonyl (C=O) groups excluding carboxylic acids is 5. The molecule has 6 bridgehead atoms. The summed E-state index contributed by atoms with van der Waals surface area (Å²) >= 11 is 0. The number of anilines is 1. The van der Waals surface area contributed by atoms with E-state index in [4.69, 9.17) is 19.6 Å². The third kappa shape index (κ3) is 8.89. The number of nitrogens with one attached hydrogen (secondary N) is 4. The third-order valence-corrected chi connectivity index (χ3v) is 17.4. The molecule has 0 spiro atoms. The molecule has 0 fully saturated rings. The number of carbonyl (C=O) groups is 5. The van der Waals surface area contributed by atoms with Crippen LogP contribution in [0, 0.1) is 0 Å². The van der Waals surface area contributed by atoms with Crippen molar-refractivity contribution in [3.8, 4) is 16.9 Å². The van der Waals surface area contributed by atoms with Crippen LogP contribution in [0.5, 0.6) is 5.75 Å². The van der Waals surface area contributed by atoms with E-state index >= 15 is 0 Å². The number of aliphatic hydroxyl groups excluding tert-OH is 1. The minimum atomic E-state index is -2.69. The number of hydrogen-bond acceptors (Lipinski definition) is 10. The Bertz CT molecular complexity index is 1990. The normalized spacial score (nSPS) is 22.3. The van der Waals surface area contributed by atoms with Crippen molar-refractivity contribution in [1.82, 2.24) is 16.0 Å². The number of amides is 5. The minimum absolute atomic E-state index is 0.0454. The van der Waals surface area contributed by atoms with Gasteiger partial charge in [0.15, 0.2) is 13.9 Å². The van der Waals surface area contributed by atoms with Gasteiger partial charge in [-0.3, -0.25) is 19.2 Å². The van der Waals surface area contributed by atoms with E-state index in [-0.39, 0.29) is 47.5 Å². The maximum atomic E-state index is 14.2. The number of hydrogen-bond donors (Lipinski definition) is 7. The van der Waals surface area contributed by atoms with Crippen LogP contribution in [0.25, 0.3) is 11.1 Å². The van der Waals surface area contributed by atoms with Gasteiger partial charge in [-0.05, 0) is 39.9 Å². The summed E-state index contributed by atoms with van der Waals surface area (Å²) in [7, 11) is -1.22. The third-order valence-electron chi connectivity index (χ3n) is 11.3. The highest BCUT2D eigenvalue weighted by atomic mass is 28.4. The fourth-order valence-electron chi connectivity index (χ4n) is 8.50. The predicted octanol–water partition coefficient (Wildman–Crippen LogP) is 3.75. The zero-order valence-corrected chi connectivity index (χ0v) is 35.0. The van der Waals surface area contributed by atoms with Crippen molar-refractivity contribution in [2.75, 3.05) is 19.0 Å². The number of benzene rings is 3. The zero-order chi connectivity index (χ0) is 42.5. The summed E-state index contributed by atoms with van der Waals surface area (Å²) in [6, 6.07) is 14.4. The molecule has 312 valence electrons. The molecule has 0 saturated carbocycles. The van der Waals surface area contributed by atoms with E-state index < -0.39 is 74.3 Å². The second-order valence-corrected chi connectivity index (χ2v) is 21.3. The first kappa shape index (κ1) is 43.8. The summed E-state index contributed by atoms with van der Waals surface area (Å²) in [4.78, 5) is 68.0. The predicted molar refractivity (Wildman–Crippen MR) is 219 cm³/mol. The summed E-state index contributed by atoms with van der Waals surface area (Å²) in [5.41, 5.74) is 5.62. The fraction of sp³-hybridized carbons (Fsp3) is 0.452. The lowest BCUT2D eigenvalue weighted by molar-refractivity contribution is -0.153. The van der Waals surface area contributed by atoms with E-state index in [1.54, 1.807) is 54.6 Å². The Morgan fingerprint density at radius 2 is 1.59 bits per heavy atom. The maximum Gasteiger partial charge on any atom is 0.408 e. The van der Waals surface area contributed by atoms with Crippen LogP contribution in [0.2, 0.25) is 16.6 Å². The second kappa shape index (κ2) is 18.1. The minimum Gasteiger partial charge on any atom is -0.496 e. The number of methoxy groups -OCH3 is 1. The molecule has 3 aromatic carbocycles. The van der Waals surface area contributed by atoms with E-state index in [2.05, 4.69) is 62.8 Å². The van der Waals surface area contributed by atoms with Gasteiger partial charge in [0.2, 0.25) is 17.7 Å². The largest absolute Gasteiger partial charge is 0.496 e. The molecule has 8 N–H and O–H groups in total. The number of fused-ring (bicyclic) bond motifs is 3. The molecule has 3 aromatic rings. The van der Waals surface area contributed by atoms with Gasteiger partial charge in [0, 0.05) is 23.1 Å². The van der Waals surface area contributed by atoms with Gasteiger partial charge in [-0.1, -0.05) is 96.1 Å². The number of alkyl carbamates (subject to hydrolysis) is 1. The molecule has 0 aliphatic carbocycles. The van der Waals surface area contributed by atoms with Gasteiger partial charge in [0.1, 0.15) is 30.5 Å². The summed E-state index contributed by atoms with van der Waals surface area (Å²) in [5.74, 6) is -3.29. The van der Waals surface area contributed by atoms with Gasteiger partial charge >= 0.3 is 6.09 Å². The molecule has 5 atom stereocenters. The lowest BCUT2D eigenvalue weighted by Crippen LogP contribution is -2.63. The molecule has 2 aliphatic heterocycles. The number of aliphatic hydroxyl groups is 2. The average molecular weight is 818 g/mol. The molecule has 16 heteroatoms. The second-order valence-electron chi connectivity index (χ2n) is 15.9. The zero-order valence-electron chi connectivity index (χ0n) is 34.0. The van der Waals surface area contributed by atoms with Crippen LogP contribution >= 0.6 is 0 Å². The van der Waals surface area contributed by atoms with Crippen LogP contribution in [0.4, 0.5) is 10.5 Å². The van der Waals surface area contributed by atoms with E-state index in [1.165, 1.54) is 13.2 Å². The monoisotopic (exact) mass is 817 g/mol. The van der Waals surface area contributed by atoms with Gasteiger partial charge in [-0.25, -0.2) is 4.79 Å². The summed E-state index contributed by atoms with van der Waals surface area (Å²) in [6.07, 6.45) is -3.72. The molecule has 5 amide bonds. The van der Waals surface area contributed by atoms with Crippen LogP contribution in [-0.2, 0) is 47.0 Å². The first-order valence-corrected chi connectivity index (χ1v) is 21.6. The molecule has 0 unspecified atom stereocenters. The van der Waals surface area contributed by atoms with Crippen LogP contribution < -0.4 is 31.7 Å². The highest BCUT2D eigenvalue weighted by Crippen LogP contribution is 2.47. The SMILES string of the molecule is COc1ccc2cc1-c1cccc3c1NC(=O)[C@@]3(O)[C@H](O)[C@@H](CO[Si](C(C)C)(C(C)C)C(C)C)NC(=O)[C@H](CC(N)=O)NC(=O)[C@@H](NC(=O)OCc1ccccc1)C2. The Hall–Kier alpha value is -5.29. The summed E-state index contributed by atoms with van der Waals surface area (Å²) < 4.78 is 17.9. The standard InChI is InChI=1S/C42H55N5O10Si/c1-23(2)58(24(3)4,25(5)6)57-22-33-37(49)42(54)30-15-11-14-28(36(30)47-40(42)52)29-18-27(16-17-34(29)55-7)19-31(38(50)44-32(20-35(43)48)39(51)45-33)46-41(53)56-21-26-12-9-8-10-13-26/h8-18,23-25,31-33,37,49,54H,19-22H2,1-7H3,(H2,43,48)(H,44,50)(H,45,51)(H,46,53)(H,47,52)/t31-,32-,33+,37+,42-/m0/s1. The Balaban J connectivity index is 1.64. The summed E-state index contributed by atoms with van der Waals surface area (Å²) in [5, 5.41) is 35.2. The maximum absolute atomic E-state index is 14.2. The summed E-state index contributed by atoms with van der Waals surface area (Å²) in [6.45, 7) is 11.9. The number of rotatable bonds is 12. The van der Waals surface area contributed by atoms with Gasteiger partial charge < -0.3 is 51.1 Å². The smallest absolute Gasteiger partial charge is 0.408 e. The van der Waals surface area contributed by atoms with Crippen molar-refractivity contribution >= 4 is 43.7 Å². The van der Waals surface area contributed by atoms with E-state index in [0.29, 0.717) is 28.0 Å². The molecule has 58 heavy (non-hydrogen) atoms. The molecular formula is C42H55N5O10Si. The fourth-order valence-corrected chi connectivity index (χ4v) is 14.0. The van der Waals surface area contributed by atoms with E-state index in [1.807, 2.05) is 6.07 Å². The topological polar surface area (TPSA) is 228 Å². The average Bonchev–Trinajstić information content (AvgIpc) is 3.45. The molecule has 0 aromatic heterocycles. The molecular weight excluding hydrogens is 763 g/mol. The molecule has 2 aliphatic rings. The lowest BCUT2D eigenvalue weighted by Gasteiger charge is -2.44. The quantitative estimate of drug-likeness (QED) is 0.131. The number of ether oxygens (including phenoxy) is 2. The van der Waals surface area contributed by atoms with Crippen molar-refractivity contribution in [3.63, 3.8) is 0 Å². The molecule has 2 heterocycles. The Morgan fingerprint density at radius 3 is 2.21 bits per heavy atom.